The van der Waals surface area contributed by atoms with Crippen molar-refractivity contribution in [1.29, 1.82) is 5.26 Å². The molecule has 3 rings (SSSR count). The minimum atomic E-state index is -0.438. The van der Waals surface area contributed by atoms with Crippen molar-refractivity contribution >= 4 is 0 Å². The standard InChI is InChI=1S/C23H28N2O2/c1-18(2)23(17-24,19-9-4-3-5-10-19)13-8-14-25-15-20-16-26-21-11-6-7-12-22(21)27-20/h3-7,9-12,18,20,25H,8,13-16H2,1-2H3/t20-,23-/m0/s1. The zero-order chi connectivity index (χ0) is 19.1. The van der Waals surface area contributed by atoms with Crippen LogP contribution in [0.1, 0.15) is 32.3 Å². The van der Waals surface area contributed by atoms with Crippen molar-refractivity contribution in [3.8, 4) is 17.6 Å². The van der Waals surface area contributed by atoms with Crippen LogP contribution in [-0.4, -0.2) is 25.8 Å². The fraction of sp³-hybridized carbons (Fsp3) is 0.435. The van der Waals surface area contributed by atoms with Crippen LogP contribution in [0.2, 0.25) is 0 Å². The largest absolute Gasteiger partial charge is 0.486 e. The Kier molecular flexibility index (Phi) is 6.36. The smallest absolute Gasteiger partial charge is 0.161 e. The molecule has 4 heteroatoms. The number of nitrogens with zero attached hydrogens (tertiary/aromatic N) is 1. The number of hydrogen-bond donors (Lipinski definition) is 1. The van der Waals surface area contributed by atoms with Gasteiger partial charge in [0.25, 0.3) is 0 Å². The molecule has 0 aromatic heterocycles. The van der Waals surface area contributed by atoms with Gasteiger partial charge in [0.15, 0.2) is 11.5 Å². The molecule has 2 aromatic carbocycles. The molecule has 4 nitrogen and oxygen atoms in total. The lowest BCUT2D eigenvalue weighted by Gasteiger charge is -2.31. The topological polar surface area (TPSA) is 54.3 Å². The summed E-state index contributed by atoms with van der Waals surface area (Å²) in [4.78, 5) is 0. The summed E-state index contributed by atoms with van der Waals surface area (Å²) in [6.07, 6.45) is 1.79. The van der Waals surface area contributed by atoms with Gasteiger partial charge >= 0.3 is 0 Å². The highest BCUT2D eigenvalue weighted by atomic mass is 16.6. The van der Waals surface area contributed by atoms with Crippen molar-refractivity contribution in [2.45, 2.75) is 38.2 Å². The van der Waals surface area contributed by atoms with Crippen molar-refractivity contribution in [3.63, 3.8) is 0 Å². The molecular formula is C23H28N2O2. The van der Waals surface area contributed by atoms with Gasteiger partial charge in [-0.3, -0.25) is 0 Å². The molecule has 1 aliphatic rings. The van der Waals surface area contributed by atoms with E-state index in [1.165, 1.54) is 0 Å². The zero-order valence-corrected chi connectivity index (χ0v) is 16.2. The average molecular weight is 364 g/mol. The Morgan fingerprint density at radius 3 is 2.52 bits per heavy atom. The first-order chi connectivity index (χ1) is 13.2. The van der Waals surface area contributed by atoms with Crippen LogP contribution < -0.4 is 14.8 Å². The molecule has 0 unspecified atom stereocenters. The Labute approximate surface area is 162 Å². The molecule has 2 atom stereocenters. The minimum Gasteiger partial charge on any atom is -0.486 e. The molecule has 0 bridgehead atoms. The van der Waals surface area contributed by atoms with Crippen LogP contribution in [0.25, 0.3) is 0 Å². The predicted molar refractivity (Wildman–Crippen MR) is 107 cm³/mol. The van der Waals surface area contributed by atoms with Gasteiger partial charge in [0.05, 0.1) is 11.5 Å². The molecule has 27 heavy (non-hydrogen) atoms. The van der Waals surface area contributed by atoms with E-state index in [0.29, 0.717) is 6.61 Å². The molecule has 1 heterocycles. The lowest BCUT2D eigenvalue weighted by Crippen LogP contribution is -2.39. The van der Waals surface area contributed by atoms with Crippen molar-refractivity contribution in [2.24, 2.45) is 5.92 Å². The number of fused-ring (bicyclic) bond motifs is 1. The molecule has 1 aliphatic heterocycles. The van der Waals surface area contributed by atoms with Gasteiger partial charge in [0, 0.05) is 6.54 Å². The van der Waals surface area contributed by atoms with Gasteiger partial charge in [-0.15, -0.1) is 0 Å². The predicted octanol–water partition coefficient (Wildman–Crippen LogP) is 4.31. The zero-order valence-electron chi connectivity index (χ0n) is 16.2. The van der Waals surface area contributed by atoms with E-state index >= 15 is 0 Å². The van der Waals surface area contributed by atoms with Crippen LogP contribution in [-0.2, 0) is 5.41 Å². The van der Waals surface area contributed by atoms with Gasteiger partial charge in [0.2, 0.25) is 0 Å². The molecular weight excluding hydrogens is 336 g/mol. The highest BCUT2D eigenvalue weighted by Crippen LogP contribution is 2.36. The number of nitriles is 1. The van der Waals surface area contributed by atoms with E-state index in [-0.39, 0.29) is 12.0 Å². The van der Waals surface area contributed by atoms with Crippen LogP contribution >= 0.6 is 0 Å². The Hall–Kier alpha value is -2.51. The van der Waals surface area contributed by atoms with Crippen molar-refractivity contribution in [3.05, 3.63) is 60.2 Å². The third-order valence-corrected chi connectivity index (χ3v) is 5.34. The second-order valence-corrected chi connectivity index (χ2v) is 7.41. The first-order valence-electron chi connectivity index (χ1n) is 9.71. The van der Waals surface area contributed by atoms with E-state index in [9.17, 15) is 5.26 Å². The first-order valence-corrected chi connectivity index (χ1v) is 9.71. The number of hydrogen-bond acceptors (Lipinski definition) is 4. The first kappa shape index (κ1) is 19.3. The maximum absolute atomic E-state index is 9.95. The normalized spacial score (nSPS) is 17.9. The van der Waals surface area contributed by atoms with Crippen LogP contribution in [0.3, 0.4) is 0 Å². The van der Waals surface area contributed by atoms with Gasteiger partial charge < -0.3 is 14.8 Å². The molecule has 2 aromatic rings. The van der Waals surface area contributed by atoms with Crippen LogP contribution in [0.15, 0.2) is 54.6 Å². The van der Waals surface area contributed by atoms with E-state index in [2.05, 4.69) is 37.4 Å². The Balaban J connectivity index is 1.48. The van der Waals surface area contributed by atoms with E-state index in [4.69, 9.17) is 9.47 Å². The van der Waals surface area contributed by atoms with Gasteiger partial charge in [-0.25, -0.2) is 0 Å². The van der Waals surface area contributed by atoms with Crippen molar-refractivity contribution in [2.75, 3.05) is 19.7 Å². The van der Waals surface area contributed by atoms with Crippen LogP contribution in [0, 0.1) is 17.2 Å². The number of ether oxygens (including phenoxy) is 2. The van der Waals surface area contributed by atoms with Gasteiger partial charge in [-0.05, 0) is 43.0 Å². The maximum atomic E-state index is 9.95. The number of rotatable bonds is 8. The second-order valence-electron chi connectivity index (χ2n) is 7.41. The van der Waals surface area contributed by atoms with Crippen LogP contribution in [0.5, 0.6) is 11.5 Å². The summed E-state index contributed by atoms with van der Waals surface area (Å²) in [5, 5.41) is 13.4. The molecule has 0 radical (unpaired) electrons. The minimum absolute atomic E-state index is 0.0137. The quantitative estimate of drug-likeness (QED) is 0.709. The summed E-state index contributed by atoms with van der Waals surface area (Å²) in [6.45, 7) is 6.41. The summed E-state index contributed by atoms with van der Waals surface area (Å²) < 4.78 is 11.7. The lowest BCUT2D eigenvalue weighted by molar-refractivity contribution is 0.0904. The lowest BCUT2D eigenvalue weighted by atomic mass is 9.70. The molecule has 0 saturated heterocycles. The van der Waals surface area contributed by atoms with Gasteiger partial charge in [0.1, 0.15) is 12.7 Å². The fourth-order valence-electron chi connectivity index (χ4n) is 3.67. The molecule has 1 N–H and O–H groups in total. The highest BCUT2D eigenvalue weighted by Gasteiger charge is 2.35. The summed E-state index contributed by atoms with van der Waals surface area (Å²) in [6, 6.07) is 20.5. The van der Waals surface area contributed by atoms with E-state index in [0.717, 1.165) is 43.0 Å². The summed E-state index contributed by atoms with van der Waals surface area (Å²) in [5.41, 5.74) is 0.676. The SMILES string of the molecule is CC(C)[C@@](C#N)(CCCNC[C@H]1COc2ccccc2O1)c1ccccc1. The highest BCUT2D eigenvalue weighted by molar-refractivity contribution is 5.40. The summed E-state index contributed by atoms with van der Waals surface area (Å²) >= 11 is 0. The van der Waals surface area contributed by atoms with Crippen molar-refractivity contribution < 1.29 is 9.47 Å². The molecule has 0 amide bonds. The summed E-state index contributed by atoms with van der Waals surface area (Å²) in [7, 11) is 0. The van der Waals surface area contributed by atoms with E-state index in [1.54, 1.807) is 0 Å². The van der Waals surface area contributed by atoms with Gasteiger partial charge in [-0.1, -0.05) is 56.3 Å². The Morgan fingerprint density at radius 2 is 1.81 bits per heavy atom. The second kappa shape index (κ2) is 8.92. The molecule has 0 spiro atoms. The average Bonchev–Trinajstić information content (AvgIpc) is 2.71. The monoisotopic (exact) mass is 364 g/mol. The van der Waals surface area contributed by atoms with E-state index < -0.39 is 5.41 Å². The molecule has 0 aliphatic carbocycles. The van der Waals surface area contributed by atoms with Gasteiger partial charge in [-0.2, -0.15) is 5.26 Å². The number of benzene rings is 2. The number of nitrogens with one attached hydrogen (secondary N) is 1. The summed E-state index contributed by atoms with van der Waals surface area (Å²) in [5.74, 6) is 1.88. The molecule has 0 fully saturated rings. The fourth-order valence-corrected chi connectivity index (χ4v) is 3.67. The Morgan fingerprint density at radius 1 is 1.11 bits per heavy atom. The number of para-hydroxylation sites is 2. The van der Waals surface area contributed by atoms with Crippen LogP contribution in [0.4, 0.5) is 0 Å². The van der Waals surface area contributed by atoms with Crippen molar-refractivity contribution in [1.82, 2.24) is 5.32 Å². The third kappa shape index (κ3) is 4.43. The van der Waals surface area contributed by atoms with E-state index in [1.807, 2.05) is 42.5 Å². The molecule has 0 saturated carbocycles. The third-order valence-electron chi connectivity index (χ3n) is 5.34. The molecule has 142 valence electrons. The Bertz CT molecular complexity index is 769. The maximum Gasteiger partial charge on any atom is 0.161 e.